The smallest absolute Gasteiger partial charge is 0.343 e. The summed E-state index contributed by atoms with van der Waals surface area (Å²) in [6, 6.07) is 14.3. The topological polar surface area (TPSA) is 75.0 Å². The highest BCUT2D eigenvalue weighted by Gasteiger charge is 2.27. The van der Waals surface area contributed by atoms with Crippen LogP contribution in [0, 0.1) is 12.7 Å². The number of esters is 1. The largest absolute Gasteiger partial charge is 0.497 e. The number of carbonyl (C=O) groups excluding carboxylic acids is 2. The second kappa shape index (κ2) is 10.0. The van der Waals surface area contributed by atoms with Crippen molar-refractivity contribution in [2.75, 3.05) is 14.2 Å². The molecule has 0 bridgehead atoms. The second-order valence-corrected chi connectivity index (χ2v) is 8.03. The zero-order valence-corrected chi connectivity index (χ0v) is 19.9. The molecule has 7 heteroatoms. The molecule has 0 aliphatic heterocycles. The molecule has 0 atom stereocenters. The van der Waals surface area contributed by atoms with Crippen LogP contribution in [-0.2, 0) is 6.42 Å². The molecule has 3 aromatic carbocycles. The normalized spacial score (nSPS) is 10.9. The third-order valence-electron chi connectivity index (χ3n) is 5.78. The minimum Gasteiger partial charge on any atom is -0.497 e. The average molecular weight is 477 g/mol. The summed E-state index contributed by atoms with van der Waals surface area (Å²) in [5.74, 6) is -0.259. The molecule has 0 fully saturated rings. The minimum absolute atomic E-state index is 0.0144. The number of aryl methyl sites for hydroxylation is 2. The highest BCUT2D eigenvalue weighted by molar-refractivity contribution is 6.11. The van der Waals surface area contributed by atoms with Gasteiger partial charge in [-0.3, -0.25) is 4.79 Å². The Kier molecular flexibility index (Phi) is 6.87. The molecule has 1 aromatic heterocycles. The highest BCUT2D eigenvalue weighted by atomic mass is 19.1. The summed E-state index contributed by atoms with van der Waals surface area (Å²) in [6.07, 6.45) is 1.18. The molecule has 0 N–H and O–H groups in total. The Hall–Kier alpha value is -4.13. The van der Waals surface area contributed by atoms with E-state index in [-0.39, 0.29) is 22.5 Å². The maximum Gasteiger partial charge on any atom is 0.343 e. The van der Waals surface area contributed by atoms with E-state index in [9.17, 15) is 9.59 Å². The van der Waals surface area contributed by atoms with Gasteiger partial charge in [-0.15, -0.1) is 0 Å². The second-order valence-electron chi connectivity index (χ2n) is 8.03. The number of benzene rings is 3. The van der Waals surface area contributed by atoms with Crippen LogP contribution in [0.5, 0.6) is 17.2 Å². The van der Waals surface area contributed by atoms with E-state index >= 15 is 4.39 Å². The number of rotatable bonds is 8. The van der Waals surface area contributed by atoms with Gasteiger partial charge in [0.2, 0.25) is 5.78 Å². The van der Waals surface area contributed by atoms with Gasteiger partial charge in [-0.1, -0.05) is 13.3 Å². The molecule has 4 rings (SSSR count). The van der Waals surface area contributed by atoms with Crippen molar-refractivity contribution in [2.45, 2.75) is 26.7 Å². The lowest BCUT2D eigenvalue weighted by molar-refractivity contribution is 0.0735. The number of methoxy groups -OCH3 is 2. The molecule has 0 unspecified atom stereocenters. The van der Waals surface area contributed by atoms with Gasteiger partial charge in [0.25, 0.3) is 0 Å². The Balaban J connectivity index is 1.81. The molecule has 180 valence electrons. The van der Waals surface area contributed by atoms with Gasteiger partial charge in [0, 0.05) is 11.1 Å². The van der Waals surface area contributed by atoms with Crippen LogP contribution in [0.1, 0.15) is 50.9 Å². The number of hydrogen-bond acceptors (Lipinski definition) is 6. The van der Waals surface area contributed by atoms with Gasteiger partial charge in [-0.25, -0.2) is 9.18 Å². The number of fused-ring (bicyclic) bond motifs is 1. The lowest BCUT2D eigenvalue weighted by Crippen LogP contribution is -2.11. The summed E-state index contributed by atoms with van der Waals surface area (Å²) < 4.78 is 36.9. The number of ketones is 1. The number of ether oxygens (including phenoxy) is 3. The summed E-state index contributed by atoms with van der Waals surface area (Å²) in [6.45, 7) is 3.60. The van der Waals surface area contributed by atoms with Gasteiger partial charge in [0.1, 0.15) is 17.2 Å². The first kappa shape index (κ1) is 24.0. The van der Waals surface area contributed by atoms with Crippen LogP contribution in [0.15, 0.2) is 59.0 Å². The maximum absolute atomic E-state index is 15.1. The van der Waals surface area contributed by atoms with Crippen molar-refractivity contribution >= 4 is 22.7 Å². The molecule has 0 amide bonds. The van der Waals surface area contributed by atoms with Crippen molar-refractivity contribution in [3.63, 3.8) is 0 Å². The van der Waals surface area contributed by atoms with E-state index in [1.807, 2.05) is 6.92 Å². The van der Waals surface area contributed by atoms with Crippen molar-refractivity contribution < 1.29 is 32.6 Å². The zero-order valence-electron chi connectivity index (χ0n) is 19.9. The van der Waals surface area contributed by atoms with Gasteiger partial charge in [-0.05, 0) is 73.5 Å². The average Bonchev–Trinajstić information content (AvgIpc) is 3.23. The molecule has 6 nitrogen and oxygen atoms in total. The third-order valence-corrected chi connectivity index (χ3v) is 5.78. The van der Waals surface area contributed by atoms with Crippen molar-refractivity contribution in [3.8, 4) is 17.2 Å². The predicted molar refractivity (Wildman–Crippen MR) is 129 cm³/mol. The quantitative estimate of drug-likeness (QED) is 0.169. The fourth-order valence-electron chi connectivity index (χ4n) is 3.94. The van der Waals surface area contributed by atoms with Crippen LogP contribution in [-0.4, -0.2) is 26.0 Å². The third kappa shape index (κ3) is 4.62. The molecule has 35 heavy (non-hydrogen) atoms. The van der Waals surface area contributed by atoms with Gasteiger partial charge >= 0.3 is 5.97 Å². The van der Waals surface area contributed by atoms with E-state index in [0.29, 0.717) is 46.6 Å². The lowest BCUT2D eigenvalue weighted by atomic mass is 10.0. The molecule has 0 radical (unpaired) electrons. The van der Waals surface area contributed by atoms with Gasteiger partial charge in [-0.2, -0.15) is 0 Å². The van der Waals surface area contributed by atoms with E-state index in [2.05, 4.69) is 0 Å². The summed E-state index contributed by atoms with van der Waals surface area (Å²) in [5.41, 5.74) is 1.46. The van der Waals surface area contributed by atoms with Gasteiger partial charge in [0.15, 0.2) is 17.2 Å². The van der Waals surface area contributed by atoms with Crippen molar-refractivity contribution in [1.29, 1.82) is 0 Å². The molecule has 0 spiro atoms. The van der Waals surface area contributed by atoms with Crippen LogP contribution in [0.2, 0.25) is 0 Å². The first-order chi connectivity index (χ1) is 16.9. The van der Waals surface area contributed by atoms with Gasteiger partial charge in [0.05, 0.1) is 25.2 Å². The summed E-state index contributed by atoms with van der Waals surface area (Å²) in [4.78, 5) is 26.2. The first-order valence-corrected chi connectivity index (χ1v) is 11.2. The molecular weight excluding hydrogens is 451 g/mol. The van der Waals surface area contributed by atoms with Crippen molar-refractivity contribution in [1.82, 2.24) is 0 Å². The molecule has 0 aliphatic carbocycles. The first-order valence-electron chi connectivity index (χ1n) is 11.2. The van der Waals surface area contributed by atoms with Gasteiger partial charge < -0.3 is 18.6 Å². The Morgan fingerprint density at radius 3 is 2.03 bits per heavy atom. The monoisotopic (exact) mass is 476 g/mol. The zero-order chi connectivity index (χ0) is 25.1. The highest BCUT2D eigenvalue weighted by Crippen LogP contribution is 2.39. The van der Waals surface area contributed by atoms with Crippen LogP contribution >= 0.6 is 0 Å². The van der Waals surface area contributed by atoms with E-state index in [0.717, 1.165) is 0 Å². The van der Waals surface area contributed by atoms with Crippen LogP contribution in [0.3, 0.4) is 0 Å². The van der Waals surface area contributed by atoms with E-state index in [1.165, 1.54) is 20.3 Å². The number of hydrogen-bond donors (Lipinski definition) is 0. The molecule has 1 heterocycles. The minimum atomic E-state index is -0.621. The predicted octanol–water partition coefficient (Wildman–Crippen LogP) is 6.30. The molecule has 0 saturated heterocycles. The Labute approximate surface area is 202 Å². The summed E-state index contributed by atoms with van der Waals surface area (Å²) >= 11 is 0. The molecule has 4 aromatic rings. The number of halogens is 1. The molecule has 0 saturated carbocycles. The molecule has 0 aliphatic rings. The lowest BCUT2D eigenvalue weighted by Gasteiger charge is -2.12. The van der Waals surface area contributed by atoms with E-state index < -0.39 is 17.6 Å². The molecular formula is C28H25FO6. The number of furan rings is 1. The SMILES string of the molecule is CCCc1cc(F)c2oc(C(=O)c3ccc(OC)cc3)c(C)c2c1OC(=O)c1ccc(OC)cc1. The van der Waals surface area contributed by atoms with E-state index in [1.54, 1.807) is 55.5 Å². The Morgan fingerprint density at radius 2 is 1.49 bits per heavy atom. The summed E-state index contributed by atoms with van der Waals surface area (Å²) in [7, 11) is 3.07. The Bertz CT molecular complexity index is 1380. The maximum atomic E-state index is 15.1. The van der Waals surface area contributed by atoms with Crippen LogP contribution in [0.25, 0.3) is 11.0 Å². The summed E-state index contributed by atoms with van der Waals surface area (Å²) in [5, 5.41) is 0.271. The number of carbonyl (C=O) groups is 2. The van der Waals surface area contributed by atoms with Crippen molar-refractivity contribution in [2.24, 2.45) is 0 Å². The van der Waals surface area contributed by atoms with Crippen LogP contribution in [0.4, 0.5) is 4.39 Å². The van der Waals surface area contributed by atoms with Crippen molar-refractivity contribution in [3.05, 3.63) is 88.4 Å². The standard InChI is InChI=1S/C28H25FO6/c1-5-6-19-15-22(29)27-23(26(19)35-28(31)18-9-13-21(33-4)14-10-18)16(2)25(34-27)24(30)17-7-11-20(32-3)12-8-17/h7-15H,5-6H2,1-4H3. The Morgan fingerprint density at radius 1 is 0.914 bits per heavy atom. The van der Waals surface area contributed by atoms with E-state index in [4.69, 9.17) is 18.6 Å². The fraction of sp³-hybridized carbons (Fsp3) is 0.214. The van der Waals surface area contributed by atoms with Crippen LogP contribution < -0.4 is 14.2 Å². The fourth-order valence-corrected chi connectivity index (χ4v) is 3.94.